The molecule has 0 saturated carbocycles. The van der Waals surface area contributed by atoms with Crippen LogP contribution in [-0.2, 0) is 25.0 Å². The van der Waals surface area contributed by atoms with Crippen molar-refractivity contribution in [3.63, 3.8) is 0 Å². The van der Waals surface area contributed by atoms with Crippen molar-refractivity contribution in [2.24, 2.45) is 0 Å². The Balaban J connectivity index is 1.50. The van der Waals surface area contributed by atoms with Gasteiger partial charge in [-0.25, -0.2) is 13.2 Å². The molecule has 2 N–H and O–H groups in total. The monoisotopic (exact) mass is 429 g/mol. The van der Waals surface area contributed by atoms with Crippen LogP contribution in [0, 0.1) is 0 Å². The van der Waals surface area contributed by atoms with Gasteiger partial charge in [-0.15, -0.1) is 0 Å². The summed E-state index contributed by atoms with van der Waals surface area (Å²) in [4.78, 5) is 39.1. The number of fused-ring (bicyclic) bond motifs is 2. The van der Waals surface area contributed by atoms with E-state index in [1.807, 2.05) is 0 Å². The van der Waals surface area contributed by atoms with Crippen molar-refractivity contribution in [2.45, 2.75) is 16.9 Å². The molecule has 1 atom stereocenters. The molecule has 9 nitrogen and oxygen atoms in total. The second-order valence-electron chi connectivity index (χ2n) is 7.17. The van der Waals surface area contributed by atoms with E-state index < -0.39 is 39.8 Å². The second kappa shape index (κ2) is 7.13. The van der Waals surface area contributed by atoms with Crippen LogP contribution in [0.4, 0.5) is 10.5 Å². The van der Waals surface area contributed by atoms with Crippen LogP contribution in [0.3, 0.4) is 0 Å². The quantitative estimate of drug-likeness (QED) is 0.706. The summed E-state index contributed by atoms with van der Waals surface area (Å²) in [5, 5.41) is 5.30. The van der Waals surface area contributed by atoms with Gasteiger partial charge in [-0.05, 0) is 30.3 Å². The first-order chi connectivity index (χ1) is 14.2. The molecule has 0 aliphatic carbocycles. The Bertz CT molecular complexity index is 1150. The van der Waals surface area contributed by atoms with Gasteiger partial charge >= 0.3 is 6.03 Å². The number of rotatable bonds is 4. The van der Waals surface area contributed by atoms with Gasteiger partial charge in [0, 0.05) is 23.9 Å². The molecular weight excluding hydrogens is 410 g/mol. The first kappa shape index (κ1) is 19.9. The highest BCUT2D eigenvalue weighted by atomic mass is 32.2. The molecule has 4 rings (SSSR count). The van der Waals surface area contributed by atoms with Crippen LogP contribution in [0.2, 0.25) is 0 Å². The van der Waals surface area contributed by atoms with Crippen molar-refractivity contribution in [1.29, 1.82) is 0 Å². The highest BCUT2D eigenvalue weighted by molar-refractivity contribution is 7.90. The maximum atomic E-state index is 13.1. The topological polar surface area (TPSA) is 122 Å². The van der Waals surface area contributed by atoms with E-state index in [1.54, 1.807) is 24.3 Å². The van der Waals surface area contributed by atoms with Gasteiger partial charge in [-0.1, -0.05) is 18.2 Å². The van der Waals surface area contributed by atoms with Gasteiger partial charge in [0.15, 0.2) is 15.4 Å². The summed E-state index contributed by atoms with van der Waals surface area (Å²) in [6, 6.07) is 11.9. The standard InChI is InChI=1S/C20H19N3O6S/c1-30(27,28)14-8-6-13(7-9-14)21-17(24)12-23-18(25)20(22-19(23)26)10-11-29-16-5-3-2-4-15(16)20/h2-9H,10-12H2,1H3,(H,21,24)(H,22,26)/t20-/m0/s1. The lowest BCUT2D eigenvalue weighted by atomic mass is 9.84. The third-order valence-corrected chi connectivity index (χ3v) is 6.25. The van der Waals surface area contributed by atoms with Gasteiger partial charge < -0.3 is 15.4 Å². The number of urea groups is 1. The molecule has 0 radical (unpaired) electrons. The molecule has 2 aliphatic rings. The number of hydrogen-bond donors (Lipinski definition) is 2. The third kappa shape index (κ3) is 3.39. The number of carbonyl (C=O) groups excluding carboxylic acids is 3. The molecule has 1 spiro atoms. The van der Waals surface area contributed by atoms with E-state index in [0.717, 1.165) is 11.2 Å². The predicted molar refractivity (Wildman–Crippen MR) is 107 cm³/mol. The SMILES string of the molecule is CS(=O)(=O)c1ccc(NC(=O)CN2C(=O)N[C@]3(CCOc4ccccc43)C2=O)cc1. The lowest BCUT2D eigenvalue weighted by Crippen LogP contribution is -2.48. The molecule has 2 aromatic carbocycles. The van der Waals surface area contributed by atoms with Gasteiger partial charge in [0.1, 0.15) is 12.3 Å². The molecule has 10 heteroatoms. The fraction of sp³-hybridized carbons (Fsp3) is 0.250. The highest BCUT2D eigenvalue weighted by Crippen LogP contribution is 2.40. The normalized spacial score (nSPS) is 20.5. The predicted octanol–water partition coefficient (Wildman–Crippen LogP) is 1.26. The average molecular weight is 429 g/mol. The number of nitrogens with one attached hydrogen (secondary N) is 2. The van der Waals surface area contributed by atoms with Crippen LogP contribution in [0.25, 0.3) is 0 Å². The Labute approximate surface area is 172 Å². The fourth-order valence-corrected chi connectivity index (χ4v) is 4.28. The van der Waals surface area contributed by atoms with E-state index >= 15 is 0 Å². The molecule has 156 valence electrons. The molecule has 0 aromatic heterocycles. The zero-order chi connectivity index (χ0) is 21.5. The number of amides is 4. The number of ether oxygens (including phenoxy) is 1. The molecule has 1 fully saturated rings. The molecule has 2 aromatic rings. The molecule has 2 aliphatic heterocycles. The van der Waals surface area contributed by atoms with Crippen LogP contribution in [-0.4, -0.2) is 50.6 Å². The van der Waals surface area contributed by atoms with Crippen molar-refractivity contribution in [3.8, 4) is 5.75 Å². The molecule has 2 heterocycles. The van der Waals surface area contributed by atoms with Gasteiger partial charge in [0.25, 0.3) is 5.91 Å². The lowest BCUT2D eigenvalue weighted by Gasteiger charge is -2.33. The molecule has 0 unspecified atom stereocenters. The first-order valence-electron chi connectivity index (χ1n) is 9.17. The van der Waals surface area contributed by atoms with Crippen LogP contribution in [0.1, 0.15) is 12.0 Å². The Morgan fingerprint density at radius 3 is 2.57 bits per heavy atom. The van der Waals surface area contributed by atoms with E-state index in [-0.39, 0.29) is 17.9 Å². The summed E-state index contributed by atoms with van der Waals surface area (Å²) in [5.41, 5.74) is -0.331. The zero-order valence-corrected chi connectivity index (χ0v) is 16.9. The lowest BCUT2D eigenvalue weighted by molar-refractivity contribution is -0.135. The Hall–Kier alpha value is -3.40. The Morgan fingerprint density at radius 2 is 1.87 bits per heavy atom. The van der Waals surface area contributed by atoms with E-state index in [9.17, 15) is 22.8 Å². The zero-order valence-electron chi connectivity index (χ0n) is 16.0. The van der Waals surface area contributed by atoms with Gasteiger partial charge in [0.05, 0.1) is 11.5 Å². The minimum atomic E-state index is -3.35. The van der Waals surface area contributed by atoms with Gasteiger partial charge in [0.2, 0.25) is 5.91 Å². The van der Waals surface area contributed by atoms with Crippen LogP contribution >= 0.6 is 0 Å². The summed E-state index contributed by atoms with van der Waals surface area (Å²) in [6.45, 7) is -0.209. The van der Waals surface area contributed by atoms with Crippen LogP contribution in [0.15, 0.2) is 53.4 Å². The van der Waals surface area contributed by atoms with Crippen molar-refractivity contribution < 1.29 is 27.5 Å². The number of benzene rings is 2. The summed E-state index contributed by atoms with van der Waals surface area (Å²) in [6.07, 6.45) is 1.35. The molecule has 0 bridgehead atoms. The Morgan fingerprint density at radius 1 is 1.17 bits per heavy atom. The maximum Gasteiger partial charge on any atom is 0.325 e. The van der Waals surface area contributed by atoms with Crippen molar-refractivity contribution in [3.05, 3.63) is 54.1 Å². The molecule has 4 amide bonds. The number of nitrogens with zero attached hydrogens (tertiary/aromatic N) is 1. The van der Waals surface area contributed by atoms with Crippen molar-refractivity contribution in [1.82, 2.24) is 10.2 Å². The molecule has 1 saturated heterocycles. The first-order valence-corrected chi connectivity index (χ1v) is 11.1. The number of carbonyl (C=O) groups is 3. The van der Waals surface area contributed by atoms with Crippen molar-refractivity contribution >= 4 is 33.4 Å². The number of para-hydroxylation sites is 1. The number of sulfone groups is 1. The molecular formula is C20H19N3O6S. The Kier molecular flexibility index (Phi) is 4.73. The van der Waals surface area contributed by atoms with Crippen molar-refractivity contribution in [2.75, 3.05) is 24.7 Å². The second-order valence-corrected chi connectivity index (χ2v) is 9.18. The minimum Gasteiger partial charge on any atom is -0.493 e. The van der Waals surface area contributed by atoms with Gasteiger partial charge in [-0.3, -0.25) is 14.5 Å². The summed E-state index contributed by atoms with van der Waals surface area (Å²) in [7, 11) is -3.35. The van der Waals surface area contributed by atoms with Crippen LogP contribution in [0.5, 0.6) is 5.75 Å². The van der Waals surface area contributed by atoms with E-state index in [1.165, 1.54) is 24.3 Å². The maximum absolute atomic E-state index is 13.1. The number of hydrogen-bond acceptors (Lipinski definition) is 6. The average Bonchev–Trinajstić information content (AvgIpc) is 2.93. The number of imide groups is 1. The number of anilines is 1. The summed E-state index contributed by atoms with van der Waals surface area (Å²) in [5.74, 6) is -0.566. The van der Waals surface area contributed by atoms with E-state index in [4.69, 9.17) is 4.74 Å². The smallest absolute Gasteiger partial charge is 0.325 e. The van der Waals surface area contributed by atoms with E-state index in [0.29, 0.717) is 17.0 Å². The van der Waals surface area contributed by atoms with Crippen LogP contribution < -0.4 is 15.4 Å². The summed E-state index contributed by atoms with van der Waals surface area (Å²) < 4.78 is 28.6. The fourth-order valence-electron chi connectivity index (χ4n) is 3.65. The third-order valence-electron chi connectivity index (χ3n) is 5.13. The van der Waals surface area contributed by atoms with Gasteiger partial charge in [-0.2, -0.15) is 0 Å². The van der Waals surface area contributed by atoms with E-state index in [2.05, 4.69) is 10.6 Å². The largest absolute Gasteiger partial charge is 0.493 e. The molecule has 30 heavy (non-hydrogen) atoms. The highest BCUT2D eigenvalue weighted by Gasteiger charge is 2.55. The summed E-state index contributed by atoms with van der Waals surface area (Å²) >= 11 is 0. The minimum absolute atomic E-state index is 0.120.